The average Bonchev–Trinajstić information content (AvgIpc) is 2.62. The van der Waals surface area contributed by atoms with Gasteiger partial charge < -0.3 is 0 Å². The zero-order valence-corrected chi connectivity index (χ0v) is 17.1. The highest BCUT2D eigenvalue weighted by Crippen LogP contribution is 2.50. The van der Waals surface area contributed by atoms with Crippen molar-refractivity contribution in [2.24, 2.45) is 5.41 Å². The van der Waals surface area contributed by atoms with Gasteiger partial charge in [-0.25, -0.2) is 0 Å². The lowest BCUT2D eigenvalue weighted by Crippen LogP contribution is -2.18. The first-order valence-corrected chi connectivity index (χ1v) is 9.03. The smallest absolute Gasteiger partial charge is 0.0158 e. The van der Waals surface area contributed by atoms with E-state index in [2.05, 4.69) is 99.2 Å². The van der Waals surface area contributed by atoms with E-state index < -0.39 is 0 Å². The van der Waals surface area contributed by atoms with Gasteiger partial charge in [-0.3, -0.25) is 0 Å². The second-order valence-corrected chi connectivity index (χ2v) is 9.67. The van der Waals surface area contributed by atoms with Crippen molar-refractivity contribution in [3.63, 3.8) is 0 Å². The van der Waals surface area contributed by atoms with Gasteiger partial charge in [0, 0.05) is 5.41 Å². The van der Waals surface area contributed by atoms with Crippen LogP contribution in [0.15, 0.2) is 48.1 Å². The number of allylic oxidation sites excluding steroid dienone is 5. The highest BCUT2D eigenvalue weighted by molar-refractivity contribution is 5.89. The van der Waals surface area contributed by atoms with Gasteiger partial charge in [0.2, 0.25) is 0 Å². The van der Waals surface area contributed by atoms with Crippen LogP contribution >= 0.6 is 0 Å². The van der Waals surface area contributed by atoms with Crippen LogP contribution in [0.3, 0.4) is 0 Å². The van der Waals surface area contributed by atoms with E-state index in [0.717, 1.165) is 0 Å². The van der Waals surface area contributed by atoms with Gasteiger partial charge in [0.15, 0.2) is 0 Å². The van der Waals surface area contributed by atoms with Crippen LogP contribution in [0.1, 0.15) is 79.0 Å². The normalized spacial score (nSPS) is 19.8. The molecule has 0 saturated carbocycles. The molecule has 1 aromatic rings. The van der Waals surface area contributed by atoms with Crippen molar-refractivity contribution in [3.05, 3.63) is 64.8 Å². The van der Waals surface area contributed by atoms with Crippen molar-refractivity contribution in [1.82, 2.24) is 0 Å². The molecular weight excluding hydrogens is 288 g/mol. The first-order valence-electron chi connectivity index (χ1n) is 9.03. The largest absolute Gasteiger partial charge is 0.0908 e. The lowest BCUT2D eigenvalue weighted by Gasteiger charge is -2.27. The Bertz CT molecular complexity index is 722. The molecule has 2 rings (SSSR count). The van der Waals surface area contributed by atoms with Crippen LogP contribution in [0.4, 0.5) is 0 Å². The molecule has 24 heavy (non-hydrogen) atoms. The van der Waals surface area contributed by atoms with Gasteiger partial charge in [0.05, 0.1) is 0 Å². The molecule has 0 atom stereocenters. The zero-order valence-electron chi connectivity index (χ0n) is 17.1. The Morgan fingerprint density at radius 2 is 1.62 bits per heavy atom. The summed E-state index contributed by atoms with van der Waals surface area (Å²) in [7, 11) is 0. The molecule has 0 heterocycles. The third kappa shape index (κ3) is 3.16. The van der Waals surface area contributed by atoms with E-state index in [1.165, 1.54) is 33.4 Å². The second kappa shape index (κ2) is 5.76. The van der Waals surface area contributed by atoms with E-state index in [1.54, 1.807) is 0 Å². The van der Waals surface area contributed by atoms with Crippen LogP contribution in [0.25, 0.3) is 5.57 Å². The predicted octanol–water partition coefficient (Wildman–Crippen LogP) is 7.21. The van der Waals surface area contributed by atoms with Gasteiger partial charge in [-0.05, 0) is 51.2 Å². The standard InChI is InChI=1S/C24H34/c1-11-17(22(3,4)5)14-20-16(2)19-13-12-18(23(6,7)8)15-21(19)24(20,9)10/h11-15H,2H2,1,3-10H3/b17-11+,20-14+. The molecule has 0 saturated heterocycles. The molecule has 130 valence electrons. The zero-order chi connectivity index (χ0) is 18.5. The van der Waals surface area contributed by atoms with Gasteiger partial charge in [-0.1, -0.05) is 92.3 Å². The Morgan fingerprint density at radius 1 is 1.04 bits per heavy atom. The van der Waals surface area contributed by atoms with Crippen molar-refractivity contribution in [2.45, 2.75) is 73.1 Å². The summed E-state index contributed by atoms with van der Waals surface area (Å²) in [6, 6.07) is 6.93. The van der Waals surface area contributed by atoms with E-state index in [0.29, 0.717) is 0 Å². The summed E-state index contributed by atoms with van der Waals surface area (Å²) < 4.78 is 0. The molecule has 0 unspecified atom stereocenters. The molecule has 1 aliphatic rings. The van der Waals surface area contributed by atoms with E-state index in [9.17, 15) is 0 Å². The number of hydrogen-bond acceptors (Lipinski definition) is 0. The first kappa shape index (κ1) is 18.8. The average molecular weight is 323 g/mol. The molecule has 1 aliphatic carbocycles. The fraction of sp³-hybridized carbons (Fsp3) is 0.500. The highest BCUT2D eigenvalue weighted by Gasteiger charge is 2.38. The molecule has 0 fully saturated rings. The lowest BCUT2D eigenvalue weighted by molar-refractivity contribution is 0.514. The predicted molar refractivity (Wildman–Crippen MR) is 108 cm³/mol. The topological polar surface area (TPSA) is 0 Å². The molecule has 0 spiro atoms. The molecule has 0 amide bonds. The number of benzene rings is 1. The summed E-state index contributed by atoms with van der Waals surface area (Å²) in [6.07, 6.45) is 4.61. The van der Waals surface area contributed by atoms with Crippen molar-refractivity contribution >= 4 is 5.57 Å². The summed E-state index contributed by atoms with van der Waals surface area (Å²) in [5.41, 5.74) is 8.32. The van der Waals surface area contributed by atoms with Crippen LogP contribution in [-0.2, 0) is 10.8 Å². The maximum atomic E-state index is 4.44. The van der Waals surface area contributed by atoms with Crippen molar-refractivity contribution in [2.75, 3.05) is 0 Å². The van der Waals surface area contributed by atoms with E-state index in [-0.39, 0.29) is 16.2 Å². The molecule has 0 N–H and O–H groups in total. The van der Waals surface area contributed by atoms with E-state index in [4.69, 9.17) is 0 Å². The Balaban J connectivity index is 2.63. The molecule has 0 aromatic heterocycles. The van der Waals surface area contributed by atoms with Crippen LogP contribution in [0.5, 0.6) is 0 Å². The second-order valence-electron chi connectivity index (χ2n) is 9.67. The minimum absolute atomic E-state index is 0.00676. The third-order valence-corrected chi connectivity index (χ3v) is 5.36. The molecule has 0 bridgehead atoms. The Hall–Kier alpha value is -1.56. The fourth-order valence-corrected chi connectivity index (χ4v) is 3.61. The molecule has 0 heteroatoms. The van der Waals surface area contributed by atoms with Gasteiger partial charge in [-0.15, -0.1) is 0 Å². The molecule has 0 aliphatic heterocycles. The molecule has 0 nitrogen and oxygen atoms in total. The molecule has 1 aromatic carbocycles. The first-order chi connectivity index (χ1) is 10.8. The summed E-state index contributed by atoms with van der Waals surface area (Å²) in [5, 5.41) is 0. The minimum atomic E-state index is -0.00676. The highest BCUT2D eigenvalue weighted by atomic mass is 14.4. The summed E-state index contributed by atoms with van der Waals surface area (Å²) in [5.74, 6) is 0. The number of fused-ring (bicyclic) bond motifs is 1. The summed E-state index contributed by atoms with van der Waals surface area (Å²) in [6.45, 7) is 24.9. The van der Waals surface area contributed by atoms with Gasteiger partial charge in [0.1, 0.15) is 0 Å². The Kier molecular flexibility index (Phi) is 4.50. The monoisotopic (exact) mass is 322 g/mol. The Morgan fingerprint density at radius 3 is 2.08 bits per heavy atom. The third-order valence-electron chi connectivity index (χ3n) is 5.36. The Labute approximate surface area is 149 Å². The van der Waals surface area contributed by atoms with Crippen LogP contribution in [0.2, 0.25) is 0 Å². The fourth-order valence-electron chi connectivity index (χ4n) is 3.61. The van der Waals surface area contributed by atoms with E-state index in [1.807, 2.05) is 0 Å². The van der Waals surface area contributed by atoms with Crippen molar-refractivity contribution < 1.29 is 0 Å². The van der Waals surface area contributed by atoms with Gasteiger partial charge in [0.25, 0.3) is 0 Å². The van der Waals surface area contributed by atoms with Crippen molar-refractivity contribution in [1.29, 1.82) is 0 Å². The van der Waals surface area contributed by atoms with Crippen LogP contribution in [0, 0.1) is 5.41 Å². The molecular formula is C24H34. The maximum absolute atomic E-state index is 4.44. The quantitative estimate of drug-likeness (QED) is 0.512. The SMILES string of the molecule is C=C1/C(=C\C(=C/C)C(C)(C)C)C(C)(C)c2cc(C(C)(C)C)ccc21. The van der Waals surface area contributed by atoms with Gasteiger partial charge in [-0.2, -0.15) is 0 Å². The van der Waals surface area contributed by atoms with E-state index >= 15 is 0 Å². The lowest BCUT2D eigenvalue weighted by atomic mass is 9.77. The van der Waals surface area contributed by atoms with Crippen LogP contribution in [-0.4, -0.2) is 0 Å². The summed E-state index contributed by atoms with van der Waals surface area (Å²) in [4.78, 5) is 0. The van der Waals surface area contributed by atoms with Crippen molar-refractivity contribution in [3.8, 4) is 0 Å². The minimum Gasteiger partial charge on any atom is -0.0908 e. The molecule has 0 radical (unpaired) electrons. The number of rotatable bonds is 1. The van der Waals surface area contributed by atoms with Gasteiger partial charge >= 0.3 is 0 Å². The number of hydrogen-bond donors (Lipinski definition) is 0. The maximum Gasteiger partial charge on any atom is 0.0158 e. The van der Waals surface area contributed by atoms with Crippen LogP contribution < -0.4 is 0 Å². The summed E-state index contributed by atoms with van der Waals surface area (Å²) >= 11 is 0.